The molecule has 0 amide bonds. The van der Waals surface area contributed by atoms with E-state index in [2.05, 4.69) is 4.74 Å². The Hall–Kier alpha value is -3.68. The summed E-state index contributed by atoms with van der Waals surface area (Å²) in [4.78, 5) is 43.9. The van der Waals surface area contributed by atoms with E-state index in [0.717, 1.165) is 12.1 Å². The molecule has 2 rings (SSSR count). The van der Waals surface area contributed by atoms with Crippen LogP contribution in [0, 0.1) is 0 Å². The van der Waals surface area contributed by atoms with Crippen molar-refractivity contribution in [1.29, 1.82) is 0 Å². The van der Waals surface area contributed by atoms with Crippen molar-refractivity contribution in [2.45, 2.75) is 6.42 Å². The molecule has 0 aromatic heterocycles. The van der Waals surface area contributed by atoms with Gasteiger partial charge >= 0.3 is 17.9 Å². The number of aromatic carboxylic acids is 3. The predicted molar refractivity (Wildman–Crippen MR) is 83.3 cm³/mol. The van der Waals surface area contributed by atoms with Gasteiger partial charge in [0.25, 0.3) is 6.47 Å². The Morgan fingerprint density at radius 3 is 1.64 bits per heavy atom. The lowest BCUT2D eigenvalue weighted by Gasteiger charge is -2.08. The van der Waals surface area contributed by atoms with Gasteiger partial charge in [0.05, 0.1) is 16.7 Å². The summed E-state index contributed by atoms with van der Waals surface area (Å²) >= 11 is 0. The number of hydrogen-bond donors (Lipinski definition) is 3. The Kier molecular flexibility index (Phi) is 5.13. The number of rotatable bonds is 7. The van der Waals surface area contributed by atoms with Gasteiger partial charge in [-0.3, -0.25) is 4.79 Å². The summed E-state index contributed by atoms with van der Waals surface area (Å²) in [5.41, 5.74) is 0.247. The third-order valence-corrected chi connectivity index (χ3v) is 3.29. The van der Waals surface area contributed by atoms with E-state index in [4.69, 9.17) is 15.3 Å². The molecule has 25 heavy (non-hydrogen) atoms. The lowest BCUT2D eigenvalue weighted by Crippen LogP contribution is -2.05. The molecule has 0 aliphatic rings. The van der Waals surface area contributed by atoms with Gasteiger partial charge in [0.2, 0.25) is 0 Å². The summed E-state index contributed by atoms with van der Waals surface area (Å²) in [7, 11) is 0. The second-order valence-corrected chi connectivity index (χ2v) is 5.09. The van der Waals surface area contributed by atoms with Crippen molar-refractivity contribution in [2.24, 2.45) is 0 Å². The number of carbonyl (C=O) groups excluding carboxylic acids is 1. The molecule has 0 aliphatic carbocycles. The van der Waals surface area contributed by atoms with Crippen molar-refractivity contribution < 1.29 is 39.2 Å². The van der Waals surface area contributed by atoms with Crippen LogP contribution in [0.4, 0.5) is 0 Å². The minimum Gasteiger partial charge on any atom is -0.478 e. The van der Waals surface area contributed by atoms with E-state index in [1.54, 1.807) is 0 Å². The second-order valence-electron chi connectivity index (χ2n) is 5.09. The van der Waals surface area contributed by atoms with Crippen molar-refractivity contribution in [3.63, 3.8) is 0 Å². The first-order chi connectivity index (χ1) is 11.8. The zero-order valence-corrected chi connectivity index (χ0v) is 12.6. The average Bonchev–Trinajstić information content (AvgIpc) is 2.54. The molecule has 128 valence electrons. The molecule has 0 fully saturated rings. The van der Waals surface area contributed by atoms with E-state index in [9.17, 15) is 19.2 Å². The maximum absolute atomic E-state index is 11.1. The highest BCUT2D eigenvalue weighted by Gasteiger charge is 2.13. The zero-order valence-electron chi connectivity index (χ0n) is 12.6. The molecule has 0 heterocycles. The zero-order chi connectivity index (χ0) is 18.6. The Labute approximate surface area is 140 Å². The van der Waals surface area contributed by atoms with E-state index in [1.807, 2.05) is 0 Å². The van der Waals surface area contributed by atoms with Gasteiger partial charge in [-0.05, 0) is 53.9 Å². The second kappa shape index (κ2) is 7.26. The maximum Gasteiger partial charge on any atom is 0.335 e. The summed E-state index contributed by atoms with van der Waals surface area (Å²) in [6, 6.07) is 7.52. The largest absolute Gasteiger partial charge is 0.478 e. The first-order valence-electron chi connectivity index (χ1n) is 6.88. The highest BCUT2D eigenvalue weighted by Crippen LogP contribution is 2.21. The van der Waals surface area contributed by atoms with E-state index in [-0.39, 0.29) is 35.3 Å². The van der Waals surface area contributed by atoms with Crippen molar-refractivity contribution in [3.05, 3.63) is 64.2 Å². The fraction of sp³-hybridized carbons (Fsp3) is 0.0588. The summed E-state index contributed by atoms with van der Waals surface area (Å²) in [5, 5.41) is 27.3. The molecule has 0 aliphatic heterocycles. The number of ether oxygens (including phenoxy) is 1. The van der Waals surface area contributed by atoms with Gasteiger partial charge in [0, 0.05) is 0 Å². The highest BCUT2D eigenvalue weighted by atomic mass is 16.5. The molecule has 0 saturated carbocycles. The minimum absolute atomic E-state index is 0.0118. The number of carbonyl (C=O) groups is 4. The van der Waals surface area contributed by atoms with E-state index in [0.29, 0.717) is 11.1 Å². The average molecular weight is 344 g/mol. The van der Waals surface area contributed by atoms with Gasteiger partial charge in [0.15, 0.2) is 0 Å². The predicted octanol–water partition coefficient (Wildman–Crippen LogP) is 1.91. The molecule has 0 spiro atoms. The summed E-state index contributed by atoms with van der Waals surface area (Å²) < 4.78 is 4.67. The molecule has 8 heteroatoms. The maximum atomic E-state index is 11.1. The van der Waals surface area contributed by atoms with Crippen LogP contribution in [-0.2, 0) is 11.2 Å². The van der Waals surface area contributed by atoms with E-state index >= 15 is 0 Å². The molecule has 3 N–H and O–H groups in total. The SMILES string of the molecule is O=COc1cc(Cc2cc(C(=O)O)cc(C(=O)O)c2)cc(C(=O)O)c1. The molecule has 0 saturated heterocycles. The minimum atomic E-state index is -1.28. The van der Waals surface area contributed by atoms with Crippen molar-refractivity contribution in [3.8, 4) is 5.75 Å². The van der Waals surface area contributed by atoms with Crippen LogP contribution in [0.2, 0.25) is 0 Å². The van der Waals surface area contributed by atoms with Gasteiger partial charge in [-0.2, -0.15) is 0 Å². The molecular formula is C17H12O8. The third kappa shape index (κ3) is 4.41. The fourth-order valence-corrected chi connectivity index (χ4v) is 2.29. The molecule has 0 unspecified atom stereocenters. The lowest BCUT2D eigenvalue weighted by atomic mass is 9.98. The van der Waals surface area contributed by atoms with Crippen LogP contribution >= 0.6 is 0 Å². The van der Waals surface area contributed by atoms with E-state index < -0.39 is 17.9 Å². The Morgan fingerprint density at radius 2 is 1.20 bits per heavy atom. The van der Waals surface area contributed by atoms with Crippen LogP contribution < -0.4 is 4.74 Å². The van der Waals surface area contributed by atoms with Crippen LogP contribution in [0.3, 0.4) is 0 Å². The molecule has 0 atom stereocenters. The van der Waals surface area contributed by atoms with Crippen molar-refractivity contribution in [2.75, 3.05) is 0 Å². The number of carboxylic acid groups (broad SMARTS) is 3. The molecule has 2 aromatic rings. The Morgan fingerprint density at radius 1 is 0.760 bits per heavy atom. The smallest absolute Gasteiger partial charge is 0.335 e. The van der Waals surface area contributed by atoms with Crippen LogP contribution in [0.25, 0.3) is 0 Å². The van der Waals surface area contributed by atoms with E-state index in [1.165, 1.54) is 24.3 Å². The quantitative estimate of drug-likeness (QED) is 0.647. The van der Waals surface area contributed by atoms with Gasteiger partial charge in [-0.25, -0.2) is 14.4 Å². The van der Waals surface area contributed by atoms with Crippen LogP contribution in [0.15, 0.2) is 36.4 Å². The fourth-order valence-electron chi connectivity index (χ4n) is 2.29. The standard InChI is InChI=1S/C17H12O8/c18-8-25-14-5-10(4-13(7-14)17(23)24)1-9-2-11(15(19)20)6-12(3-9)16(21)22/h2-8H,1H2,(H,19,20)(H,21,22)(H,23,24). The summed E-state index contributed by atoms with van der Waals surface area (Å²) in [5.74, 6) is -3.79. The molecular weight excluding hydrogens is 332 g/mol. The van der Waals surface area contributed by atoms with Crippen LogP contribution in [0.1, 0.15) is 42.2 Å². The molecule has 8 nitrogen and oxygen atoms in total. The van der Waals surface area contributed by atoms with Crippen LogP contribution in [0.5, 0.6) is 5.75 Å². The summed E-state index contributed by atoms with van der Waals surface area (Å²) in [6.45, 7) is 0.151. The summed E-state index contributed by atoms with van der Waals surface area (Å²) in [6.07, 6.45) is 0.0533. The van der Waals surface area contributed by atoms with Crippen molar-refractivity contribution in [1.82, 2.24) is 0 Å². The number of carboxylic acids is 3. The first kappa shape index (κ1) is 17.7. The molecule has 0 radical (unpaired) electrons. The molecule has 0 bridgehead atoms. The number of hydrogen-bond acceptors (Lipinski definition) is 5. The van der Waals surface area contributed by atoms with Gasteiger partial charge in [-0.1, -0.05) is 0 Å². The Bertz CT molecular complexity index is 837. The van der Waals surface area contributed by atoms with Crippen LogP contribution in [-0.4, -0.2) is 39.7 Å². The normalized spacial score (nSPS) is 10.1. The monoisotopic (exact) mass is 344 g/mol. The highest BCUT2D eigenvalue weighted by molar-refractivity contribution is 5.94. The first-order valence-corrected chi connectivity index (χ1v) is 6.88. The van der Waals surface area contributed by atoms with Crippen molar-refractivity contribution >= 4 is 24.4 Å². The topological polar surface area (TPSA) is 138 Å². The lowest BCUT2D eigenvalue weighted by molar-refractivity contribution is -0.120. The Balaban J connectivity index is 2.47. The van der Waals surface area contributed by atoms with Gasteiger partial charge in [-0.15, -0.1) is 0 Å². The van der Waals surface area contributed by atoms with Gasteiger partial charge < -0.3 is 20.1 Å². The third-order valence-electron chi connectivity index (χ3n) is 3.29. The number of benzene rings is 2. The molecule has 2 aromatic carbocycles. The van der Waals surface area contributed by atoms with Gasteiger partial charge in [0.1, 0.15) is 5.75 Å².